The Bertz CT molecular complexity index is 291. The van der Waals surface area contributed by atoms with Crippen molar-refractivity contribution >= 4 is 16.8 Å². The third-order valence-corrected chi connectivity index (χ3v) is 14.5. The molecule has 2 N–H and O–H groups in total. The van der Waals surface area contributed by atoms with Gasteiger partial charge in [0.25, 0.3) is 8.56 Å². The SMILES string of the molecule is CCCN[Si](NCCC)(C1CCCCC1)N(CC)[Si](C)(C)C. The molecule has 0 saturated heterocycles. The van der Waals surface area contributed by atoms with Crippen molar-refractivity contribution in [2.24, 2.45) is 0 Å². The van der Waals surface area contributed by atoms with Crippen LogP contribution in [-0.4, -0.2) is 40.7 Å². The lowest BCUT2D eigenvalue weighted by molar-refractivity contribution is 0.439. The van der Waals surface area contributed by atoms with E-state index in [9.17, 15) is 0 Å². The van der Waals surface area contributed by atoms with Crippen LogP contribution in [0.1, 0.15) is 65.7 Å². The Kier molecular flexibility index (Phi) is 8.86. The summed E-state index contributed by atoms with van der Waals surface area (Å²) in [4.78, 5) is 8.27. The summed E-state index contributed by atoms with van der Waals surface area (Å²) < 4.78 is 2.96. The zero-order valence-corrected chi connectivity index (χ0v) is 18.1. The van der Waals surface area contributed by atoms with Crippen LogP contribution >= 0.6 is 0 Å². The summed E-state index contributed by atoms with van der Waals surface area (Å²) in [5.74, 6) is 0. The highest BCUT2D eigenvalue weighted by atomic mass is 28.4. The minimum atomic E-state index is -1.81. The second-order valence-electron chi connectivity index (χ2n) is 7.87. The zero-order chi connectivity index (χ0) is 16.6. The molecule has 0 aromatic rings. The molecule has 0 atom stereocenters. The molecular weight excluding hydrogens is 302 g/mol. The van der Waals surface area contributed by atoms with Gasteiger partial charge in [-0.3, -0.25) is 0 Å². The maximum Gasteiger partial charge on any atom is 0.280 e. The van der Waals surface area contributed by atoms with Gasteiger partial charge in [-0.05, 0) is 50.9 Å². The van der Waals surface area contributed by atoms with Gasteiger partial charge in [0.2, 0.25) is 0 Å². The average molecular weight is 344 g/mol. The molecule has 1 aliphatic carbocycles. The second kappa shape index (κ2) is 9.57. The van der Waals surface area contributed by atoms with E-state index in [0.29, 0.717) is 0 Å². The summed E-state index contributed by atoms with van der Waals surface area (Å²) in [5, 5.41) is 0. The number of hydrogen-bond acceptors (Lipinski definition) is 3. The molecular formula is C17H41N3Si2. The van der Waals surface area contributed by atoms with Crippen LogP contribution in [-0.2, 0) is 0 Å². The van der Waals surface area contributed by atoms with Crippen molar-refractivity contribution < 1.29 is 0 Å². The molecule has 1 aliphatic rings. The molecule has 22 heavy (non-hydrogen) atoms. The molecule has 0 bridgehead atoms. The van der Waals surface area contributed by atoms with Crippen molar-refractivity contribution in [2.75, 3.05) is 19.6 Å². The number of rotatable bonds is 10. The fraction of sp³-hybridized carbons (Fsp3) is 1.00. The molecule has 0 heterocycles. The lowest BCUT2D eigenvalue weighted by Crippen LogP contribution is -2.80. The smallest absolute Gasteiger partial charge is 0.280 e. The van der Waals surface area contributed by atoms with E-state index in [1.54, 1.807) is 0 Å². The Hall–Kier alpha value is 0.314. The highest BCUT2D eigenvalue weighted by Gasteiger charge is 2.50. The Balaban J connectivity index is 3.15. The fourth-order valence-corrected chi connectivity index (χ4v) is 14.9. The standard InChI is InChI=1S/C17H41N3Si2/c1-7-15-18-22(19-16-8-2,17-13-11-10-12-14-17)20(9-3)21(4,5)6/h17-19H,7-16H2,1-6H3. The van der Waals surface area contributed by atoms with Crippen molar-refractivity contribution in [3.05, 3.63) is 0 Å². The average Bonchev–Trinajstić information content (AvgIpc) is 2.49. The normalized spacial score (nSPS) is 18.1. The van der Waals surface area contributed by atoms with E-state index in [-0.39, 0.29) is 0 Å². The van der Waals surface area contributed by atoms with Crippen LogP contribution < -0.4 is 9.96 Å². The summed E-state index contributed by atoms with van der Waals surface area (Å²) >= 11 is 0. The van der Waals surface area contributed by atoms with Crippen LogP contribution in [0.5, 0.6) is 0 Å². The topological polar surface area (TPSA) is 27.3 Å². The summed E-state index contributed by atoms with van der Waals surface area (Å²) in [7, 11) is -3.14. The van der Waals surface area contributed by atoms with Crippen molar-refractivity contribution in [3.8, 4) is 0 Å². The van der Waals surface area contributed by atoms with Crippen molar-refractivity contribution in [3.63, 3.8) is 0 Å². The monoisotopic (exact) mass is 343 g/mol. The van der Waals surface area contributed by atoms with Crippen LogP contribution in [0.4, 0.5) is 0 Å². The highest BCUT2D eigenvalue weighted by Crippen LogP contribution is 2.37. The summed E-state index contributed by atoms with van der Waals surface area (Å²) in [6, 6.07) is 0. The van der Waals surface area contributed by atoms with Gasteiger partial charge in [-0.25, -0.2) is 0 Å². The number of nitrogens with one attached hydrogen (secondary N) is 2. The third-order valence-electron chi connectivity index (χ3n) is 5.04. The van der Waals surface area contributed by atoms with E-state index >= 15 is 0 Å². The van der Waals surface area contributed by atoms with E-state index in [1.807, 2.05) is 0 Å². The number of nitrogens with zero attached hydrogens (tertiary/aromatic N) is 1. The van der Waals surface area contributed by atoms with E-state index in [1.165, 1.54) is 64.6 Å². The summed E-state index contributed by atoms with van der Waals surface area (Å²) in [5.41, 5.74) is 0.881. The Morgan fingerprint density at radius 1 is 0.864 bits per heavy atom. The zero-order valence-electron chi connectivity index (χ0n) is 16.1. The van der Waals surface area contributed by atoms with Gasteiger partial charge >= 0.3 is 0 Å². The quantitative estimate of drug-likeness (QED) is 0.575. The van der Waals surface area contributed by atoms with Crippen molar-refractivity contribution in [2.45, 2.75) is 90.9 Å². The molecule has 132 valence electrons. The van der Waals surface area contributed by atoms with Gasteiger partial charge in [-0.15, -0.1) is 0 Å². The van der Waals surface area contributed by atoms with E-state index in [0.717, 1.165) is 5.54 Å². The molecule has 0 amide bonds. The largest absolute Gasteiger partial charge is 0.321 e. The second-order valence-corrected chi connectivity index (χ2v) is 16.8. The lowest BCUT2D eigenvalue weighted by atomic mass is 10.0. The minimum absolute atomic E-state index is 0.881. The Labute approximate surface area is 142 Å². The molecule has 1 rings (SSSR count). The van der Waals surface area contributed by atoms with E-state index in [4.69, 9.17) is 0 Å². The first-order chi connectivity index (χ1) is 10.4. The summed E-state index contributed by atoms with van der Waals surface area (Å²) in [6.07, 6.45) is 9.65. The Morgan fingerprint density at radius 2 is 1.36 bits per heavy atom. The van der Waals surface area contributed by atoms with Crippen LogP contribution in [0.3, 0.4) is 0 Å². The molecule has 3 nitrogen and oxygen atoms in total. The predicted molar refractivity (Wildman–Crippen MR) is 105 cm³/mol. The van der Waals surface area contributed by atoms with Crippen molar-refractivity contribution in [1.29, 1.82) is 0 Å². The molecule has 1 fully saturated rings. The van der Waals surface area contributed by atoms with Crippen molar-refractivity contribution in [1.82, 2.24) is 14.2 Å². The first-order valence-corrected chi connectivity index (χ1v) is 15.2. The van der Waals surface area contributed by atoms with Gasteiger partial charge in [0, 0.05) is 0 Å². The maximum absolute atomic E-state index is 4.13. The Morgan fingerprint density at radius 3 is 1.73 bits per heavy atom. The first-order valence-electron chi connectivity index (χ1n) is 9.70. The molecule has 0 radical (unpaired) electrons. The molecule has 0 aromatic carbocycles. The molecule has 0 aliphatic heterocycles. The maximum atomic E-state index is 4.13. The molecule has 0 unspecified atom stereocenters. The van der Waals surface area contributed by atoms with Gasteiger partial charge in [0.05, 0.1) is 0 Å². The fourth-order valence-electron chi connectivity index (χ4n) is 4.17. The van der Waals surface area contributed by atoms with Crippen LogP contribution in [0.2, 0.25) is 25.2 Å². The minimum Gasteiger partial charge on any atom is -0.321 e. The van der Waals surface area contributed by atoms with Gasteiger partial charge in [-0.2, -0.15) is 0 Å². The molecule has 0 spiro atoms. The lowest BCUT2D eigenvalue weighted by Gasteiger charge is -2.53. The predicted octanol–water partition coefficient (Wildman–Crippen LogP) is 4.42. The van der Waals surface area contributed by atoms with Gasteiger partial charge in [0.15, 0.2) is 0 Å². The first kappa shape index (κ1) is 20.4. The van der Waals surface area contributed by atoms with Gasteiger partial charge in [-0.1, -0.05) is 59.7 Å². The van der Waals surface area contributed by atoms with E-state index < -0.39 is 16.8 Å². The van der Waals surface area contributed by atoms with Gasteiger partial charge in [0.1, 0.15) is 8.24 Å². The van der Waals surface area contributed by atoms with E-state index in [2.05, 4.69) is 54.6 Å². The summed E-state index contributed by atoms with van der Waals surface area (Å²) in [6.45, 7) is 18.1. The number of hydrogen-bond donors (Lipinski definition) is 2. The van der Waals surface area contributed by atoms with Gasteiger partial charge < -0.3 is 14.2 Å². The highest BCUT2D eigenvalue weighted by molar-refractivity contribution is 6.89. The molecule has 0 aromatic heterocycles. The van der Waals surface area contributed by atoms with Crippen LogP contribution in [0, 0.1) is 0 Å². The van der Waals surface area contributed by atoms with Crippen LogP contribution in [0.25, 0.3) is 0 Å². The third kappa shape index (κ3) is 5.16. The molecule has 1 saturated carbocycles. The van der Waals surface area contributed by atoms with Crippen LogP contribution in [0.15, 0.2) is 0 Å². The molecule has 5 heteroatoms.